The topological polar surface area (TPSA) is 79.5 Å². The number of imidazole rings is 1. The number of phenols is 1. The Morgan fingerprint density at radius 1 is 1.15 bits per heavy atom. The number of amides is 1. The van der Waals surface area contributed by atoms with Crippen LogP contribution >= 0.6 is 11.8 Å². The molecule has 2 N–H and O–H groups in total. The summed E-state index contributed by atoms with van der Waals surface area (Å²) < 4.78 is 2.13. The van der Waals surface area contributed by atoms with E-state index in [0.717, 1.165) is 21.8 Å². The van der Waals surface area contributed by atoms with E-state index in [-0.39, 0.29) is 17.4 Å². The molecule has 172 valence electrons. The third-order valence-corrected chi connectivity index (χ3v) is 6.30. The Morgan fingerprint density at radius 2 is 1.94 bits per heavy atom. The van der Waals surface area contributed by atoms with Crippen LogP contribution in [0.2, 0.25) is 0 Å². The summed E-state index contributed by atoms with van der Waals surface area (Å²) in [5.74, 6) is 0.0494. The Hall–Kier alpha value is -3.84. The minimum absolute atomic E-state index is 0.139. The number of phenolic OH excluding ortho intramolecular Hbond substituents is 1. The van der Waals surface area contributed by atoms with E-state index in [0.29, 0.717) is 18.5 Å². The summed E-state index contributed by atoms with van der Waals surface area (Å²) in [6, 6.07) is 21.8. The molecule has 1 amide bonds. The first-order chi connectivity index (χ1) is 16.5. The van der Waals surface area contributed by atoms with Crippen LogP contribution in [0.5, 0.6) is 5.75 Å². The molecule has 0 spiro atoms. The molecule has 4 aromatic rings. The molecule has 0 saturated carbocycles. The van der Waals surface area contributed by atoms with E-state index in [9.17, 15) is 9.90 Å². The molecule has 0 aliphatic carbocycles. The maximum absolute atomic E-state index is 12.4. The number of carbonyl (C=O) groups is 1. The number of aromatic hydroxyl groups is 1. The van der Waals surface area contributed by atoms with E-state index in [4.69, 9.17) is 4.98 Å². The SMILES string of the molecule is C=CCc1cccc(/C=N\NC(=O)CSc2nc3ccccc3n2Cc2ccc(C)cc2)c1O. The molecule has 0 aliphatic rings. The van der Waals surface area contributed by atoms with Gasteiger partial charge in [0.1, 0.15) is 5.75 Å². The number of nitrogens with one attached hydrogen (secondary N) is 1. The van der Waals surface area contributed by atoms with E-state index in [1.807, 2.05) is 36.4 Å². The summed E-state index contributed by atoms with van der Waals surface area (Å²) in [4.78, 5) is 17.2. The van der Waals surface area contributed by atoms with Gasteiger partial charge in [-0.25, -0.2) is 10.4 Å². The summed E-state index contributed by atoms with van der Waals surface area (Å²) in [7, 11) is 0. The third kappa shape index (κ3) is 5.55. The molecule has 6 nitrogen and oxygen atoms in total. The first-order valence-corrected chi connectivity index (χ1v) is 11.9. The Bertz CT molecular complexity index is 1340. The third-order valence-electron chi connectivity index (χ3n) is 5.32. The standard InChI is InChI=1S/C27H26N4O2S/c1-3-7-21-8-6-9-22(26(21)33)16-28-30-25(32)18-34-27-29-23-10-4-5-11-24(23)31(27)17-20-14-12-19(2)13-15-20/h3-6,8-16,33H,1,7,17-18H2,2H3,(H,30,32)/b28-16-. The van der Waals surface area contributed by atoms with Crippen molar-refractivity contribution in [1.29, 1.82) is 0 Å². The summed E-state index contributed by atoms with van der Waals surface area (Å²) in [5, 5.41) is 15.1. The van der Waals surface area contributed by atoms with Gasteiger partial charge in [-0.3, -0.25) is 4.79 Å². The number of nitrogens with zero attached hydrogens (tertiary/aromatic N) is 3. The van der Waals surface area contributed by atoms with Crippen LogP contribution in [0.15, 0.2) is 89.6 Å². The molecular formula is C27H26N4O2S. The van der Waals surface area contributed by atoms with Gasteiger partial charge < -0.3 is 9.67 Å². The Labute approximate surface area is 203 Å². The van der Waals surface area contributed by atoms with Gasteiger partial charge in [0.05, 0.1) is 29.5 Å². The minimum Gasteiger partial charge on any atom is -0.507 e. The molecule has 0 radical (unpaired) electrons. The van der Waals surface area contributed by atoms with Gasteiger partial charge >= 0.3 is 0 Å². The summed E-state index contributed by atoms with van der Waals surface area (Å²) in [6.07, 6.45) is 3.72. The number of hydrogen-bond acceptors (Lipinski definition) is 5. The van der Waals surface area contributed by atoms with Crippen LogP contribution in [0.4, 0.5) is 0 Å². The van der Waals surface area contributed by atoms with Gasteiger partial charge in [-0.1, -0.05) is 71.9 Å². The highest BCUT2D eigenvalue weighted by Gasteiger charge is 2.13. The lowest BCUT2D eigenvalue weighted by Crippen LogP contribution is -2.20. The fraction of sp³-hybridized carbons (Fsp3) is 0.148. The quantitative estimate of drug-likeness (QED) is 0.155. The van der Waals surface area contributed by atoms with Gasteiger partial charge in [0, 0.05) is 5.56 Å². The lowest BCUT2D eigenvalue weighted by atomic mass is 10.1. The first kappa shape index (κ1) is 23.3. The van der Waals surface area contributed by atoms with E-state index >= 15 is 0 Å². The first-order valence-electron chi connectivity index (χ1n) is 10.9. The average molecular weight is 471 g/mol. The average Bonchev–Trinajstić information content (AvgIpc) is 3.19. The summed E-state index contributed by atoms with van der Waals surface area (Å²) >= 11 is 1.37. The van der Waals surface area contributed by atoms with Gasteiger partial charge in [0.25, 0.3) is 5.91 Å². The van der Waals surface area contributed by atoms with E-state index < -0.39 is 0 Å². The Morgan fingerprint density at radius 3 is 2.74 bits per heavy atom. The number of allylic oxidation sites excluding steroid dienone is 1. The smallest absolute Gasteiger partial charge is 0.250 e. The number of aryl methyl sites for hydroxylation is 1. The molecule has 3 aromatic carbocycles. The second-order valence-corrected chi connectivity index (χ2v) is 8.83. The zero-order valence-corrected chi connectivity index (χ0v) is 19.8. The number of fused-ring (bicyclic) bond motifs is 1. The van der Waals surface area contributed by atoms with Gasteiger partial charge in [-0.05, 0) is 42.7 Å². The maximum atomic E-state index is 12.4. The fourth-order valence-corrected chi connectivity index (χ4v) is 4.37. The summed E-state index contributed by atoms with van der Waals surface area (Å²) in [6.45, 7) is 6.43. The molecule has 0 saturated heterocycles. The van der Waals surface area contributed by atoms with Gasteiger partial charge in [0.15, 0.2) is 5.16 Å². The van der Waals surface area contributed by atoms with Gasteiger partial charge in [-0.15, -0.1) is 6.58 Å². The van der Waals surface area contributed by atoms with E-state index in [2.05, 4.69) is 52.9 Å². The second kappa shape index (κ2) is 10.9. The van der Waals surface area contributed by atoms with Crippen molar-refractivity contribution < 1.29 is 9.90 Å². The van der Waals surface area contributed by atoms with Crippen molar-refractivity contribution in [1.82, 2.24) is 15.0 Å². The van der Waals surface area contributed by atoms with E-state index in [1.165, 1.54) is 29.1 Å². The number of carbonyl (C=O) groups excluding carboxylic acids is 1. The largest absolute Gasteiger partial charge is 0.507 e. The van der Waals surface area contributed by atoms with Crippen molar-refractivity contribution >= 4 is 34.9 Å². The molecule has 0 atom stereocenters. The van der Waals surface area contributed by atoms with Crippen LogP contribution in [-0.4, -0.2) is 32.5 Å². The Balaban J connectivity index is 1.43. The number of benzene rings is 3. The number of para-hydroxylation sites is 3. The minimum atomic E-state index is -0.253. The lowest BCUT2D eigenvalue weighted by molar-refractivity contribution is -0.118. The van der Waals surface area contributed by atoms with Crippen molar-refractivity contribution in [2.75, 3.05) is 5.75 Å². The fourth-order valence-electron chi connectivity index (χ4n) is 3.56. The summed E-state index contributed by atoms with van der Waals surface area (Å²) in [5.41, 5.74) is 8.13. The molecule has 0 fully saturated rings. The van der Waals surface area contributed by atoms with Gasteiger partial charge in [-0.2, -0.15) is 5.10 Å². The number of rotatable bonds is 9. The predicted octanol–water partition coefficient (Wildman–Crippen LogP) is 5.07. The number of thioether (sulfide) groups is 1. The normalized spacial score (nSPS) is 11.2. The number of hydrazone groups is 1. The molecule has 0 aliphatic heterocycles. The van der Waals surface area contributed by atoms with Crippen LogP contribution in [-0.2, 0) is 17.8 Å². The van der Waals surface area contributed by atoms with Crippen LogP contribution in [0, 0.1) is 6.92 Å². The van der Waals surface area contributed by atoms with Crippen molar-refractivity contribution in [3.63, 3.8) is 0 Å². The highest BCUT2D eigenvalue weighted by atomic mass is 32.2. The zero-order valence-electron chi connectivity index (χ0n) is 18.9. The molecular weight excluding hydrogens is 444 g/mol. The molecule has 1 heterocycles. The molecule has 7 heteroatoms. The van der Waals surface area contributed by atoms with Crippen molar-refractivity contribution in [2.24, 2.45) is 5.10 Å². The van der Waals surface area contributed by atoms with Gasteiger partial charge in [0.2, 0.25) is 0 Å². The van der Waals surface area contributed by atoms with Crippen molar-refractivity contribution in [3.8, 4) is 5.75 Å². The second-order valence-electron chi connectivity index (χ2n) is 7.88. The van der Waals surface area contributed by atoms with Crippen molar-refractivity contribution in [2.45, 2.75) is 25.0 Å². The zero-order chi connectivity index (χ0) is 23.9. The molecule has 4 rings (SSSR count). The van der Waals surface area contributed by atoms with Crippen molar-refractivity contribution in [3.05, 3.63) is 102 Å². The molecule has 1 aromatic heterocycles. The number of aromatic nitrogens is 2. The van der Waals surface area contributed by atoms with E-state index in [1.54, 1.807) is 12.1 Å². The highest BCUT2D eigenvalue weighted by molar-refractivity contribution is 7.99. The van der Waals surface area contributed by atoms with Crippen LogP contribution < -0.4 is 5.43 Å². The van der Waals surface area contributed by atoms with Crippen LogP contribution in [0.3, 0.4) is 0 Å². The number of hydrogen-bond donors (Lipinski definition) is 2. The molecule has 0 bridgehead atoms. The maximum Gasteiger partial charge on any atom is 0.250 e. The predicted molar refractivity (Wildman–Crippen MR) is 138 cm³/mol. The lowest BCUT2D eigenvalue weighted by Gasteiger charge is -2.09. The molecule has 34 heavy (non-hydrogen) atoms. The van der Waals surface area contributed by atoms with Crippen LogP contribution in [0.25, 0.3) is 11.0 Å². The molecule has 0 unspecified atom stereocenters. The Kier molecular flexibility index (Phi) is 7.44. The monoisotopic (exact) mass is 470 g/mol. The van der Waals surface area contributed by atoms with Crippen LogP contribution in [0.1, 0.15) is 22.3 Å². The highest BCUT2D eigenvalue weighted by Crippen LogP contribution is 2.25.